The Bertz CT molecular complexity index is 693. The van der Waals surface area contributed by atoms with Crippen LogP contribution in [0.15, 0.2) is 36.8 Å². The Morgan fingerprint density at radius 1 is 1.08 bits per heavy atom. The molecule has 1 aliphatic rings. The molecule has 1 aromatic heterocycles. The van der Waals surface area contributed by atoms with Crippen molar-refractivity contribution in [1.82, 2.24) is 20.2 Å². The predicted octanol–water partition coefficient (Wildman–Crippen LogP) is 2.36. The molecule has 3 N–H and O–H groups in total. The molecule has 132 valence electrons. The molecule has 1 aromatic carbocycles. The highest BCUT2D eigenvalue weighted by atomic mass is 16.1. The van der Waals surface area contributed by atoms with Gasteiger partial charge in [-0.1, -0.05) is 37.1 Å². The second kappa shape index (κ2) is 8.58. The van der Waals surface area contributed by atoms with Crippen molar-refractivity contribution in [2.45, 2.75) is 38.8 Å². The van der Waals surface area contributed by atoms with Gasteiger partial charge in [0.1, 0.15) is 12.1 Å². The van der Waals surface area contributed by atoms with Crippen LogP contribution in [-0.2, 0) is 13.1 Å². The zero-order valence-electron chi connectivity index (χ0n) is 14.4. The first-order valence-corrected chi connectivity index (χ1v) is 8.86. The van der Waals surface area contributed by atoms with Crippen molar-refractivity contribution in [3.05, 3.63) is 53.5 Å². The Hall–Kier alpha value is -2.47. The van der Waals surface area contributed by atoms with Crippen LogP contribution < -0.4 is 11.1 Å². The topological polar surface area (TPSA) is 84.1 Å². The number of nitrogens with two attached hydrogens (primary N) is 1. The van der Waals surface area contributed by atoms with Gasteiger partial charge in [0.05, 0.1) is 5.56 Å². The van der Waals surface area contributed by atoms with Gasteiger partial charge in [0.2, 0.25) is 0 Å². The summed E-state index contributed by atoms with van der Waals surface area (Å²) in [4.78, 5) is 22.3. The Morgan fingerprint density at radius 2 is 1.76 bits per heavy atom. The molecular weight excluding hydrogens is 314 g/mol. The molecule has 0 bridgehead atoms. The molecule has 0 atom stereocenters. The molecule has 1 aliphatic heterocycles. The summed E-state index contributed by atoms with van der Waals surface area (Å²) in [5, 5.41) is 2.86. The molecule has 0 saturated carbocycles. The van der Waals surface area contributed by atoms with Gasteiger partial charge < -0.3 is 11.1 Å². The number of nitrogens with zero attached hydrogens (tertiary/aromatic N) is 3. The lowest BCUT2D eigenvalue weighted by Gasteiger charge is -2.19. The molecule has 2 heterocycles. The van der Waals surface area contributed by atoms with E-state index in [1.165, 1.54) is 56.9 Å². The van der Waals surface area contributed by atoms with Gasteiger partial charge in [-0.15, -0.1) is 0 Å². The van der Waals surface area contributed by atoms with Crippen LogP contribution in [0, 0.1) is 0 Å². The van der Waals surface area contributed by atoms with Gasteiger partial charge in [-0.3, -0.25) is 9.69 Å². The molecule has 0 radical (unpaired) electrons. The third-order valence-corrected chi connectivity index (χ3v) is 4.57. The highest BCUT2D eigenvalue weighted by Crippen LogP contribution is 2.14. The van der Waals surface area contributed by atoms with Gasteiger partial charge >= 0.3 is 0 Å². The number of hydrogen-bond donors (Lipinski definition) is 2. The summed E-state index contributed by atoms with van der Waals surface area (Å²) < 4.78 is 0. The second-order valence-corrected chi connectivity index (χ2v) is 6.51. The molecule has 3 rings (SSSR count). The molecule has 2 aromatic rings. The standard InChI is InChI=1S/C19H25N5O/c20-18-17(12-21-14-23-18)19(25)22-11-15-5-7-16(8-6-15)13-24-9-3-1-2-4-10-24/h5-8,12,14H,1-4,9-11,13H2,(H,22,25)(H2,20,21,23). The van der Waals surface area contributed by atoms with Crippen LogP contribution in [0.5, 0.6) is 0 Å². The Kier molecular flexibility index (Phi) is 5.95. The molecule has 1 saturated heterocycles. The van der Waals surface area contributed by atoms with Gasteiger partial charge in [-0.2, -0.15) is 0 Å². The maximum absolute atomic E-state index is 12.1. The number of aromatic nitrogens is 2. The normalized spacial score (nSPS) is 15.5. The Morgan fingerprint density at radius 3 is 2.44 bits per heavy atom. The lowest BCUT2D eigenvalue weighted by atomic mass is 10.1. The number of amides is 1. The number of carbonyl (C=O) groups is 1. The van der Waals surface area contributed by atoms with Crippen LogP contribution in [0.2, 0.25) is 0 Å². The molecule has 0 aliphatic carbocycles. The summed E-state index contributed by atoms with van der Waals surface area (Å²) in [5.41, 5.74) is 8.38. The zero-order valence-corrected chi connectivity index (χ0v) is 14.4. The fourth-order valence-electron chi connectivity index (χ4n) is 3.11. The first-order valence-electron chi connectivity index (χ1n) is 8.86. The highest BCUT2D eigenvalue weighted by molar-refractivity contribution is 5.97. The smallest absolute Gasteiger partial charge is 0.256 e. The van der Waals surface area contributed by atoms with E-state index in [0.717, 1.165) is 12.1 Å². The average molecular weight is 339 g/mol. The quantitative estimate of drug-likeness (QED) is 0.874. The fourth-order valence-corrected chi connectivity index (χ4v) is 3.11. The first-order chi connectivity index (χ1) is 12.2. The minimum atomic E-state index is -0.258. The van der Waals surface area contributed by atoms with E-state index in [1.807, 2.05) is 0 Å². The molecule has 0 spiro atoms. The summed E-state index contributed by atoms with van der Waals surface area (Å²) in [6, 6.07) is 8.43. The minimum absolute atomic E-state index is 0.195. The van der Waals surface area contributed by atoms with Gasteiger partial charge in [0.15, 0.2) is 0 Å². The average Bonchev–Trinajstić information content (AvgIpc) is 2.90. The van der Waals surface area contributed by atoms with E-state index in [4.69, 9.17) is 5.73 Å². The molecule has 1 fully saturated rings. The fraction of sp³-hybridized carbons (Fsp3) is 0.421. The monoisotopic (exact) mass is 339 g/mol. The van der Waals surface area contributed by atoms with E-state index >= 15 is 0 Å². The molecule has 6 heteroatoms. The highest BCUT2D eigenvalue weighted by Gasteiger charge is 2.11. The van der Waals surface area contributed by atoms with Crippen LogP contribution >= 0.6 is 0 Å². The van der Waals surface area contributed by atoms with Gasteiger partial charge in [0, 0.05) is 19.3 Å². The second-order valence-electron chi connectivity index (χ2n) is 6.51. The van der Waals surface area contributed by atoms with Crippen molar-refractivity contribution in [2.75, 3.05) is 18.8 Å². The van der Waals surface area contributed by atoms with E-state index in [-0.39, 0.29) is 11.7 Å². The van der Waals surface area contributed by atoms with Crippen LogP contribution in [-0.4, -0.2) is 33.9 Å². The molecule has 1 amide bonds. The number of anilines is 1. The summed E-state index contributed by atoms with van der Waals surface area (Å²) in [5.74, 6) is -0.0629. The summed E-state index contributed by atoms with van der Waals surface area (Å²) in [6.45, 7) is 3.85. The van der Waals surface area contributed by atoms with Gasteiger partial charge in [0.25, 0.3) is 5.91 Å². The third-order valence-electron chi connectivity index (χ3n) is 4.57. The van der Waals surface area contributed by atoms with Crippen LogP contribution in [0.1, 0.15) is 47.2 Å². The number of nitrogens with one attached hydrogen (secondary N) is 1. The summed E-state index contributed by atoms with van der Waals surface area (Å²) in [6.07, 6.45) is 8.07. The summed E-state index contributed by atoms with van der Waals surface area (Å²) >= 11 is 0. The Balaban J connectivity index is 1.52. The van der Waals surface area contributed by atoms with E-state index in [1.54, 1.807) is 0 Å². The number of hydrogen-bond acceptors (Lipinski definition) is 5. The lowest BCUT2D eigenvalue weighted by Crippen LogP contribution is -2.25. The molecule has 6 nitrogen and oxygen atoms in total. The predicted molar refractivity (Wildman–Crippen MR) is 97.8 cm³/mol. The number of rotatable bonds is 5. The zero-order chi connectivity index (χ0) is 17.5. The maximum atomic E-state index is 12.1. The van der Waals surface area contributed by atoms with Crippen LogP contribution in [0.3, 0.4) is 0 Å². The Labute approximate surface area is 148 Å². The van der Waals surface area contributed by atoms with Gasteiger partial charge in [-0.05, 0) is 37.1 Å². The van der Waals surface area contributed by atoms with Gasteiger partial charge in [-0.25, -0.2) is 9.97 Å². The largest absolute Gasteiger partial charge is 0.383 e. The minimum Gasteiger partial charge on any atom is -0.383 e. The SMILES string of the molecule is Nc1ncncc1C(=O)NCc1ccc(CN2CCCCCC2)cc1. The number of benzene rings is 1. The number of nitrogen functional groups attached to an aromatic ring is 1. The van der Waals surface area contributed by atoms with Crippen LogP contribution in [0.4, 0.5) is 5.82 Å². The van der Waals surface area contributed by atoms with Crippen molar-refractivity contribution in [3.8, 4) is 0 Å². The number of likely N-dealkylation sites (tertiary alicyclic amines) is 1. The van der Waals surface area contributed by atoms with Crippen molar-refractivity contribution >= 4 is 11.7 Å². The first kappa shape index (κ1) is 17.4. The van der Waals surface area contributed by atoms with Crippen molar-refractivity contribution in [2.24, 2.45) is 0 Å². The summed E-state index contributed by atoms with van der Waals surface area (Å²) in [7, 11) is 0. The maximum Gasteiger partial charge on any atom is 0.256 e. The van der Waals surface area contributed by atoms with E-state index in [9.17, 15) is 4.79 Å². The van der Waals surface area contributed by atoms with Crippen molar-refractivity contribution in [3.63, 3.8) is 0 Å². The van der Waals surface area contributed by atoms with Crippen molar-refractivity contribution < 1.29 is 4.79 Å². The lowest BCUT2D eigenvalue weighted by molar-refractivity contribution is 0.0951. The van der Waals surface area contributed by atoms with Crippen molar-refractivity contribution in [1.29, 1.82) is 0 Å². The number of carbonyl (C=O) groups excluding carboxylic acids is 1. The van der Waals surface area contributed by atoms with E-state index in [2.05, 4.69) is 44.5 Å². The molecule has 25 heavy (non-hydrogen) atoms. The van der Waals surface area contributed by atoms with E-state index in [0.29, 0.717) is 12.1 Å². The van der Waals surface area contributed by atoms with E-state index < -0.39 is 0 Å². The third kappa shape index (κ3) is 5.00. The van der Waals surface area contributed by atoms with Crippen LogP contribution in [0.25, 0.3) is 0 Å². The molecular formula is C19H25N5O. The molecule has 0 unspecified atom stereocenters.